The Kier molecular flexibility index (Phi) is 6.50. The molecular formula is C38H31F3O3. The molecule has 0 N–H and O–H groups in total. The number of fused-ring (bicyclic) bond motifs is 8. The minimum absolute atomic E-state index is 0.289. The molecule has 1 heterocycles. The number of benzene rings is 5. The summed E-state index contributed by atoms with van der Waals surface area (Å²) in [5, 5.41) is 1.43. The van der Waals surface area contributed by atoms with E-state index in [9.17, 15) is 8.78 Å². The van der Waals surface area contributed by atoms with Crippen molar-refractivity contribution < 1.29 is 27.4 Å². The Morgan fingerprint density at radius 2 is 1.34 bits per heavy atom. The number of hydrogen-bond donors (Lipinski definition) is 0. The van der Waals surface area contributed by atoms with Crippen molar-refractivity contribution in [2.24, 2.45) is 0 Å². The van der Waals surface area contributed by atoms with E-state index in [1.807, 2.05) is 30.4 Å². The monoisotopic (exact) mass is 592 g/mol. The molecule has 0 bridgehead atoms. The predicted molar refractivity (Wildman–Crippen MR) is 167 cm³/mol. The maximum Gasteiger partial charge on any atom is 0.178 e. The van der Waals surface area contributed by atoms with Crippen molar-refractivity contribution >= 4 is 16.8 Å². The van der Waals surface area contributed by atoms with Gasteiger partial charge in [-0.15, -0.1) is 0 Å². The first kappa shape index (κ1) is 28.1. The van der Waals surface area contributed by atoms with Crippen LogP contribution in [0.25, 0.3) is 28.0 Å². The van der Waals surface area contributed by atoms with Gasteiger partial charge in [-0.05, 0) is 95.1 Å². The van der Waals surface area contributed by atoms with Gasteiger partial charge in [0, 0.05) is 27.5 Å². The molecule has 0 saturated carbocycles. The van der Waals surface area contributed by atoms with Gasteiger partial charge in [0.15, 0.2) is 17.1 Å². The van der Waals surface area contributed by atoms with Gasteiger partial charge in [0.05, 0.1) is 14.2 Å². The molecule has 2 aliphatic rings. The minimum Gasteiger partial charge on any atom is -0.493 e. The van der Waals surface area contributed by atoms with Crippen LogP contribution >= 0.6 is 0 Å². The van der Waals surface area contributed by atoms with E-state index >= 15 is 4.39 Å². The van der Waals surface area contributed by atoms with E-state index in [2.05, 4.69) is 13.8 Å². The molecule has 0 spiro atoms. The third-order valence-corrected chi connectivity index (χ3v) is 9.54. The fourth-order valence-electron chi connectivity index (χ4n) is 7.38. The number of hydrogen-bond acceptors (Lipinski definition) is 3. The van der Waals surface area contributed by atoms with Gasteiger partial charge in [0.1, 0.15) is 23.2 Å². The topological polar surface area (TPSA) is 27.7 Å². The Morgan fingerprint density at radius 1 is 0.682 bits per heavy atom. The van der Waals surface area contributed by atoms with Crippen LogP contribution in [0.2, 0.25) is 0 Å². The fourth-order valence-corrected chi connectivity index (χ4v) is 7.38. The number of ether oxygens (including phenoxy) is 3. The Hall–Kier alpha value is -4.71. The van der Waals surface area contributed by atoms with E-state index in [1.165, 1.54) is 30.3 Å². The first-order valence-electron chi connectivity index (χ1n) is 14.8. The van der Waals surface area contributed by atoms with Crippen LogP contribution in [-0.2, 0) is 11.0 Å². The van der Waals surface area contributed by atoms with Crippen LogP contribution in [0.5, 0.6) is 17.2 Å². The van der Waals surface area contributed by atoms with E-state index < -0.39 is 16.8 Å². The average molecular weight is 593 g/mol. The maximum atomic E-state index is 15.1. The Balaban J connectivity index is 1.58. The minimum atomic E-state index is -1.22. The van der Waals surface area contributed by atoms with Gasteiger partial charge in [0.2, 0.25) is 0 Å². The van der Waals surface area contributed by atoms with Crippen LogP contribution in [-0.4, -0.2) is 14.2 Å². The first-order valence-corrected chi connectivity index (χ1v) is 14.8. The molecule has 0 radical (unpaired) electrons. The average Bonchev–Trinajstić information content (AvgIpc) is 3.34. The lowest BCUT2D eigenvalue weighted by atomic mass is 9.71. The molecule has 0 saturated heterocycles. The van der Waals surface area contributed by atoms with E-state index in [0.717, 1.165) is 51.6 Å². The molecule has 1 aliphatic heterocycles. The van der Waals surface area contributed by atoms with E-state index in [-0.39, 0.29) is 11.6 Å². The summed E-state index contributed by atoms with van der Waals surface area (Å²) >= 11 is 0. The second kappa shape index (κ2) is 10.2. The highest BCUT2D eigenvalue weighted by Gasteiger charge is 2.47. The molecular weight excluding hydrogens is 561 g/mol. The van der Waals surface area contributed by atoms with Crippen molar-refractivity contribution in [1.82, 2.24) is 0 Å². The summed E-state index contributed by atoms with van der Waals surface area (Å²) in [5.41, 5.74) is 4.44. The summed E-state index contributed by atoms with van der Waals surface area (Å²) in [6, 6.07) is 21.4. The first-order chi connectivity index (χ1) is 21.3. The molecule has 3 nitrogen and oxygen atoms in total. The summed E-state index contributed by atoms with van der Waals surface area (Å²) in [5.74, 6) is 0.514. The Bertz CT molecular complexity index is 1980. The quantitative estimate of drug-likeness (QED) is 0.196. The molecule has 5 aromatic carbocycles. The molecule has 7 rings (SSSR count). The summed E-state index contributed by atoms with van der Waals surface area (Å²) in [4.78, 5) is 0. The zero-order chi connectivity index (χ0) is 30.8. The zero-order valence-electron chi connectivity index (χ0n) is 24.9. The molecule has 6 heteroatoms. The zero-order valence-corrected chi connectivity index (χ0v) is 24.9. The lowest BCUT2D eigenvalue weighted by molar-refractivity contribution is 0.162. The van der Waals surface area contributed by atoms with Crippen LogP contribution < -0.4 is 14.2 Å². The molecule has 1 aliphatic carbocycles. The molecule has 222 valence electrons. The van der Waals surface area contributed by atoms with Crippen LogP contribution in [0.15, 0.2) is 84.9 Å². The van der Waals surface area contributed by atoms with Crippen molar-refractivity contribution in [3.63, 3.8) is 0 Å². The van der Waals surface area contributed by atoms with E-state index in [4.69, 9.17) is 14.2 Å². The van der Waals surface area contributed by atoms with Crippen molar-refractivity contribution in [3.8, 4) is 28.4 Å². The van der Waals surface area contributed by atoms with Gasteiger partial charge in [-0.1, -0.05) is 50.3 Å². The van der Waals surface area contributed by atoms with Gasteiger partial charge in [-0.3, -0.25) is 0 Å². The van der Waals surface area contributed by atoms with Crippen LogP contribution in [0.3, 0.4) is 0 Å². The second-order valence-electron chi connectivity index (χ2n) is 11.4. The van der Waals surface area contributed by atoms with E-state index in [0.29, 0.717) is 28.2 Å². The highest BCUT2D eigenvalue weighted by Crippen LogP contribution is 2.60. The predicted octanol–water partition coefficient (Wildman–Crippen LogP) is 9.71. The smallest absolute Gasteiger partial charge is 0.178 e. The van der Waals surface area contributed by atoms with Crippen LogP contribution in [0.4, 0.5) is 13.2 Å². The molecule has 0 aromatic heterocycles. The highest BCUT2D eigenvalue weighted by atomic mass is 19.1. The number of rotatable bonds is 6. The van der Waals surface area contributed by atoms with Gasteiger partial charge < -0.3 is 14.2 Å². The van der Waals surface area contributed by atoms with E-state index in [1.54, 1.807) is 44.6 Å². The molecule has 1 atom stereocenters. The molecule has 1 unspecified atom stereocenters. The van der Waals surface area contributed by atoms with Crippen molar-refractivity contribution in [2.45, 2.75) is 37.7 Å². The van der Waals surface area contributed by atoms with Crippen molar-refractivity contribution in [3.05, 3.63) is 130 Å². The number of methoxy groups -OCH3 is 2. The summed E-state index contributed by atoms with van der Waals surface area (Å²) in [6.45, 7) is 4.24. The maximum absolute atomic E-state index is 15.1. The van der Waals surface area contributed by atoms with Gasteiger partial charge in [0.25, 0.3) is 0 Å². The second-order valence-corrected chi connectivity index (χ2v) is 11.4. The van der Waals surface area contributed by atoms with Gasteiger partial charge >= 0.3 is 0 Å². The van der Waals surface area contributed by atoms with Crippen LogP contribution in [0.1, 0.15) is 54.5 Å². The van der Waals surface area contributed by atoms with Crippen molar-refractivity contribution in [2.75, 3.05) is 14.2 Å². The third-order valence-electron chi connectivity index (χ3n) is 9.54. The summed E-state index contributed by atoms with van der Waals surface area (Å²) in [6.07, 6.45) is 5.47. The Morgan fingerprint density at radius 3 is 2.05 bits per heavy atom. The van der Waals surface area contributed by atoms with Gasteiger partial charge in [-0.25, -0.2) is 13.2 Å². The fraction of sp³-hybridized carbons (Fsp3) is 0.211. The SMILES string of the molecule is CCC1(CC)c2cc(F)ccc2-c2c1c1c(c3cc(F)ccc23)OC(c2ccc(F)cc2)(c2ccc(OC)c(OC)c2)C=C1. The summed E-state index contributed by atoms with van der Waals surface area (Å²) in [7, 11) is 3.13. The van der Waals surface area contributed by atoms with Gasteiger partial charge in [-0.2, -0.15) is 0 Å². The highest BCUT2D eigenvalue weighted by molar-refractivity contribution is 6.08. The van der Waals surface area contributed by atoms with Crippen LogP contribution in [0, 0.1) is 17.5 Å². The third kappa shape index (κ3) is 3.83. The van der Waals surface area contributed by atoms with Crippen molar-refractivity contribution in [1.29, 1.82) is 0 Å². The summed E-state index contributed by atoms with van der Waals surface area (Å²) < 4.78 is 62.3. The molecule has 0 amide bonds. The molecule has 44 heavy (non-hydrogen) atoms. The lowest BCUT2D eigenvalue weighted by Gasteiger charge is -2.39. The standard InChI is InChI=1S/C38H31F3O3/c1-5-37(6-2)31-21-26(41)13-15-28(31)34-27-14-12-25(40)20-30(27)36-29(35(34)37)17-18-38(44-36,22-7-10-24(39)11-8-22)23-9-16-32(42-3)33(19-23)43-4/h7-21H,5-6H2,1-4H3. The lowest BCUT2D eigenvalue weighted by Crippen LogP contribution is -2.35. The normalized spacial score (nSPS) is 17.5. The number of halogens is 3. The Labute approximate surface area is 254 Å². The molecule has 0 fully saturated rings. The molecule has 5 aromatic rings. The largest absolute Gasteiger partial charge is 0.493 e.